The second-order valence-electron chi connectivity index (χ2n) is 22.3. The third-order valence-corrected chi connectivity index (χ3v) is 16.3. The van der Waals surface area contributed by atoms with Gasteiger partial charge in [-0.3, -0.25) is 33.6 Å². The Morgan fingerprint density at radius 2 is 1.15 bits per heavy atom. The maximum atomic E-state index is 15.2. The number of benzene rings is 3. The van der Waals surface area contributed by atoms with Crippen molar-refractivity contribution >= 4 is 78.5 Å². The van der Waals surface area contributed by atoms with E-state index in [-0.39, 0.29) is 121 Å². The van der Waals surface area contributed by atoms with Gasteiger partial charge in [-0.25, -0.2) is 9.59 Å². The van der Waals surface area contributed by atoms with Crippen molar-refractivity contribution in [3.8, 4) is 0 Å². The molecule has 0 spiro atoms. The molecule has 2 bridgehead atoms. The number of nitrogens with one attached hydrogen (secondary N) is 1. The molecule has 1 aliphatic heterocycles. The third-order valence-electron chi connectivity index (χ3n) is 16.3. The molecule has 3 aromatic rings. The van der Waals surface area contributed by atoms with Crippen LogP contribution >= 0.6 is 24.8 Å². The number of carbonyl (C=O) groups is 9. The molecule has 0 radical (unpaired) electrons. The fourth-order valence-electron chi connectivity index (χ4n) is 12.2. The monoisotopic (exact) mass is 1440 g/mol. The molecule has 3 aromatic carbocycles. The van der Waals surface area contributed by atoms with E-state index in [4.69, 9.17) is 43.7 Å². The van der Waals surface area contributed by atoms with Gasteiger partial charge in [0.15, 0.2) is 5.60 Å². The van der Waals surface area contributed by atoms with E-state index in [9.17, 15) is 48.6 Å². The fourth-order valence-corrected chi connectivity index (χ4v) is 12.2. The molecule has 3 aliphatic carbocycles. The smallest absolute Gasteiger partial charge is 0.350 e. The number of aliphatic hydroxyl groups is 2. The van der Waals surface area contributed by atoms with E-state index in [1.54, 1.807) is 107 Å². The summed E-state index contributed by atoms with van der Waals surface area (Å²) in [5.74, 6) is -8.72. The SMILES string of the molecule is CC(=O)O[C@H]1C[C@]2(C)[C@@H](O)C[C@H]3OC[C@@]3(OC(C)=O)[C@H]2[C@H](OC(=O)c2ccccc2)[C@]2(O)C[C@H](OC(=O)[C@@H](OC(=O)CCCCCC(=O)O)[C@H](NC(=O)c3ccccc3)c3ccccc3)C(C)=C1C2(C)C.Cl.Cl.N.N.O=C(O)CCCCCC(=O)O.[Pt]. The zero-order chi connectivity index (χ0) is 60.2. The molecule has 23 nitrogen and oxygen atoms in total. The summed E-state index contributed by atoms with van der Waals surface area (Å²) in [7, 11) is 0. The zero-order valence-corrected chi connectivity index (χ0v) is 53.5. The van der Waals surface area contributed by atoms with E-state index in [0.29, 0.717) is 48.8 Å². The number of amides is 1. The minimum Gasteiger partial charge on any atom is -0.481 e. The van der Waals surface area contributed by atoms with Gasteiger partial charge in [-0.15, -0.1) is 24.8 Å². The van der Waals surface area contributed by atoms with Crippen molar-refractivity contribution in [2.45, 2.75) is 179 Å². The second-order valence-corrected chi connectivity index (χ2v) is 22.3. The van der Waals surface area contributed by atoms with Crippen molar-refractivity contribution < 1.29 is 118 Å². The summed E-state index contributed by atoms with van der Waals surface area (Å²) in [5, 5.41) is 54.6. The number of ether oxygens (including phenoxy) is 6. The van der Waals surface area contributed by atoms with E-state index in [1.165, 1.54) is 26.0 Å². The first-order valence-corrected chi connectivity index (χ1v) is 27.6. The van der Waals surface area contributed by atoms with Crippen LogP contribution in [-0.2, 0) is 83.0 Å². The molecule has 2 saturated carbocycles. The molecule has 87 heavy (non-hydrogen) atoms. The number of esters is 5. The first kappa shape index (κ1) is 78.7. The Morgan fingerprint density at radius 1 is 0.655 bits per heavy atom. The first-order chi connectivity index (χ1) is 38.7. The summed E-state index contributed by atoms with van der Waals surface area (Å²) in [6, 6.07) is 23.2. The number of hydrogen-bond acceptors (Lipinski definition) is 19. The van der Waals surface area contributed by atoms with Crippen molar-refractivity contribution in [3.05, 3.63) is 119 Å². The molecule has 12 N–H and O–H groups in total. The molecule has 4 aliphatic rings. The maximum Gasteiger partial charge on any atom is 0.350 e. The molecule has 0 unspecified atom stereocenters. The first-order valence-electron chi connectivity index (χ1n) is 27.6. The summed E-state index contributed by atoms with van der Waals surface area (Å²) in [6.07, 6.45) is -6.29. The third kappa shape index (κ3) is 18.9. The number of carboxylic acids is 3. The molecule has 1 heterocycles. The minimum atomic E-state index is -2.31. The minimum absolute atomic E-state index is 0. The number of carboxylic acid groups (broad SMARTS) is 3. The number of fused-ring (bicyclic) bond motifs is 5. The number of aliphatic carboxylic acids is 3. The Morgan fingerprint density at radius 3 is 1.62 bits per heavy atom. The predicted molar refractivity (Wildman–Crippen MR) is 315 cm³/mol. The summed E-state index contributed by atoms with van der Waals surface area (Å²) in [4.78, 5) is 115. The van der Waals surface area contributed by atoms with Crippen molar-refractivity contribution in [1.82, 2.24) is 17.6 Å². The molecule has 0 aromatic heterocycles. The van der Waals surface area contributed by atoms with Crippen LogP contribution in [0.4, 0.5) is 0 Å². The summed E-state index contributed by atoms with van der Waals surface area (Å²) >= 11 is 0. The average Bonchev–Trinajstić information content (AvgIpc) is 0.732. The van der Waals surface area contributed by atoms with Gasteiger partial charge in [0.05, 0.1) is 24.2 Å². The van der Waals surface area contributed by atoms with Crippen LogP contribution in [0.3, 0.4) is 0 Å². The van der Waals surface area contributed by atoms with E-state index >= 15 is 4.79 Å². The van der Waals surface area contributed by atoms with Crippen LogP contribution in [-0.4, -0.2) is 134 Å². The molecule has 486 valence electrons. The van der Waals surface area contributed by atoms with Crippen LogP contribution in [0.1, 0.15) is 157 Å². The molecule has 11 atom stereocenters. The molecular weight excluding hydrogens is 1360 g/mol. The summed E-state index contributed by atoms with van der Waals surface area (Å²) < 4.78 is 37.4. The van der Waals surface area contributed by atoms with Crippen LogP contribution in [0.5, 0.6) is 0 Å². The van der Waals surface area contributed by atoms with Crippen molar-refractivity contribution in [1.29, 1.82) is 0 Å². The van der Waals surface area contributed by atoms with Gasteiger partial charge >= 0.3 is 47.8 Å². The molecular formula is C61H83Cl2N3O20Pt. The molecule has 7 rings (SSSR count). The van der Waals surface area contributed by atoms with Crippen molar-refractivity contribution in [2.24, 2.45) is 16.7 Å². The number of aliphatic hydroxyl groups excluding tert-OH is 1. The Balaban J connectivity index is 0.00000215. The van der Waals surface area contributed by atoms with E-state index in [0.717, 1.165) is 0 Å². The van der Waals surface area contributed by atoms with E-state index in [1.807, 2.05) is 0 Å². The normalized spacial score (nSPS) is 25.0. The van der Waals surface area contributed by atoms with Gasteiger partial charge in [-0.1, -0.05) is 100 Å². The second kappa shape index (κ2) is 34.5. The molecule has 3 fully saturated rings. The Labute approximate surface area is 532 Å². The predicted octanol–water partition coefficient (Wildman–Crippen LogP) is 8.41. The van der Waals surface area contributed by atoms with Crippen molar-refractivity contribution in [2.75, 3.05) is 6.61 Å². The Kier molecular flexibility index (Phi) is 31.2. The standard InChI is InChI=1S/C54H63NO16.C7H12O4.2ClH.2H3N.Pt/c1-31-37(68-50(64)45(69-42(61)26-18-10-17-25-41(59)60)44(34-19-11-7-12-20-34)55-48(62)35-21-13-8-14-22-35)29-54(65)47(70-49(63)36-23-15-9-16-24-36)46-52(6,28-38(67-32(2)56)43(31)51(54,4)5)39(58)27-40-53(46,30-66-40)71-33(3)57;8-6(9)4-2-1-3-5-7(10)11;;;;;/h7-9,11-16,19-24,37-40,44-47,58,65H,10,17-18,25-30H2,1-6H3,(H,55,62)(H,59,60);1-5H2,(H,8,9)(H,10,11);2*1H;2*1H3;/t37-,38-,39-,40+,44+,45-,46-,47-,52+,53-,54+;;;;;;/m0....../s1. The number of rotatable bonds is 23. The number of unbranched alkanes of at least 4 members (excludes halogenated alkanes) is 4. The average molecular weight is 1440 g/mol. The number of hydrogen-bond donors (Lipinski definition) is 8. The molecule has 1 amide bonds. The summed E-state index contributed by atoms with van der Waals surface area (Å²) in [5.41, 5.74) is -5.47. The van der Waals surface area contributed by atoms with Crippen LogP contribution in [0.2, 0.25) is 0 Å². The molecule has 1 saturated heterocycles. The summed E-state index contributed by atoms with van der Waals surface area (Å²) in [6.45, 7) is 8.97. The fraction of sp³-hybridized carbons (Fsp3) is 0.525. The van der Waals surface area contributed by atoms with Gasteiger partial charge in [0.2, 0.25) is 6.10 Å². The van der Waals surface area contributed by atoms with Gasteiger partial charge in [-0.2, -0.15) is 0 Å². The van der Waals surface area contributed by atoms with Crippen LogP contribution < -0.4 is 17.6 Å². The van der Waals surface area contributed by atoms with Crippen LogP contribution in [0.15, 0.2) is 102 Å². The maximum absolute atomic E-state index is 15.2. The zero-order valence-electron chi connectivity index (χ0n) is 49.6. The van der Waals surface area contributed by atoms with Crippen LogP contribution in [0.25, 0.3) is 0 Å². The Bertz CT molecular complexity index is 2840. The topological polar surface area (TPSA) is 392 Å². The van der Waals surface area contributed by atoms with Crippen LogP contribution in [0, 0.1) is 16.7 Å². The Hall–Kier alpha value is -6.30. The van der Waals surface area contributed by atoms with Gasteiger partial charge in [0, 0.05) is 89.8 Å². The number of carbonyl (C=O) groups excluding carboxylic acids is 6. The van der Waals surface area contributed by atoms with E-state index in [2.05, 4.69) is 5.32 Å². The van der Waals surface area contributed by atoms with Gasteiger partial charge in [0.1, 0.15) is 36.1 Å². The van der Waals surface area contributed by atoms with Crippen molar-refractivity contribution in [3.63, 3.8) is 0 Å². The molecule has 26 heteroatoms. The number of halogens is 2. The van der Waals surface area contributed by atoms with Gasteiger partial charge in [-0.05, 0) is 80.0 Å². The largest absolute Gasteiger partial charge is 0.481 e. The van der Waals surface area contributed by atoms with Gasteiger partial charge < -0.3 is 71.6 Å². The van der Waals surface area contributed by atoms with Gasteiger partial charge in [0.25, 0.3) is 5.91 Å². The quantitative estimate of drug-likeness (QED) is 0.0191. The van der Waals surface area contributed by atoms with E-state index < -0.39 is 131 Å².